The van der Waals surface area contributed by atoms with E-state index in [9.17, 15) is 0 Å². The first-order valence-corrected chi connectivity index (χ1v) is 4.42. The van der Waals surface area contributed by atoms with Crippen molar-refractivity contribution < 1.29 is 0 Å². The summed E-state index contributed by atoms with van der Waals surface area (Å²) in [6.07, 6.45) is 1.30. The van der Waals surface area contributed by atoms with Crippen LogP contribution in [0.5, 0.6) is 0 Å². The van der Waals surface area contributed by atoms with Crippen LogP contribution in [0.3, 0.4) is 0 Å². The maximum Gasteiger partial charge on any atom is 0.0317 e. The molecule has 0 spiro atoms. The largest absolute Gasteiger partial charge is 0.0847 e. The van der Waals surface area contributed by atoms with Crippen LogP contribution in [0, 0.1) is 11.3 Å². The molecule has 0 aromatic rings. The van der Waals surface area contributed by atoms with Crippen LogP contribution < -0.4 is 0 Å². The Labute approximate surface area is 66.2 Å². The SMILES string of the molecule is CCC1C(C)(C)C1(C)Br. The summed E-state index contributed by atoms with van der Waals surface area (Å²) in [4.78, 5) is 0. The van der Waals surface area contributed by atoms with Gasteiger partial charge >= 0.3 is 0 Å². The zero-order valence-corrected chi connectivity index (χ0v) is 8.25. The number of rotatable bonds is 1. The molecule has 0 radical (unpaired) electrons. The molecule has 1 rings (SSSR count). The molecule has 0 saturated heterocycles. The Morgan fingerprint density at radius 2 is 1.67 bits per heavy atom. The summed E-state index contributed by atoms with van der Waals surface area (Å²) in [5.41, 5.74) is 0.530. The van der Waals surface area contributed by atoms with E-state index in [4.69, 9.17) is 0 Å². The van der Waals surface area contributed by atoms with E-state index in [1.54, 1.807) is 0 Å². The Morgan fingerprint density at radius 3 is 1.67 bits per heavy atom. The van der Waals surface area contributed by atoms with Crippen molar-refractivity contribution in [3.8, 4) is 0 Å². The molecule has 0 heterocycles. The van der Waals surface area contributed by atoms with Crippen molar-refractivity contribution in [3.05, 3.63) is 0 Å². The maximum atomic E-state index is 3.73. The first-order valence-electron chi connectivity index (χ1n) is 3.63. The summed E-state index contributed by atoms with van der Waals surface area (Å²) in [7, 11) is 0. The molecule has 1 saturated carbocycles. The Hall–Kier alpha value is 0.480. The fraction of sp³-hybridized carbons (Fsp3) is 1.00. The normalized spacial score (nSPS) is 47.0. The quantitative estimate of drug-likeness (QED) is 0.558. The molecular formula is C8H15Br. The summed E-state index contributed by atoms with van der Waals surface area (Å²) in [6, 6.07) is 0. The van der Waals surface area contributed by atoms with E-state index in [-0.39, 0.29) is 0 Å². The van der Waals surface area contributed by atoms with Gasteiger partial charge < -0.3 is 0 Å². The molecule has 0 nitrogen and oxygen atoms in total. The lowest BCUT2D eigenvalue weighted by Gasteiger charge is -2.02. The van der Waals surface area contributed by atoms with Gasteiger partial charge in [0.1, 0.15) is 0 Å². The van der Waals surface area contributed by atoms with Gasteiger partial charge in [-0.05, 0) is 18.3 Å². The highest BCUT2D eigenvalue weighted by molar-refractivity contribution is 9.10. The van der Waals surface area contributed by atoms with E-state index in [1.807, 2.05) is 0 Å². The van der Waals surface area contributed by atoms with E-state index in [0.717, 1.165) is 5.92 Å². The van der Waals surface area contributed by atoms with Crippen molar-refractivity contribution in [2.75, 3.05) is 0 Å². The summed E-state index contributed by atoms with van der Waals surface area (Å²) < 4.78 is 0.425. The first kappa shape index (κ1) is 7.59. The Morgan fingerprint density at radius 1 is 1.33 bits per heavy atom. The van der Waals surface area contributed by atoms with Gasteiger partial charge in [-0.2, -0.15) is 0 Å². The summed E-state index contributed by atoms with van der Waals surface area (Å²) in [5, 5.41) is 0. The fourth-order valence-corrected chi connectivity index (χ4v) is 3.00. The molecule has 0 bridgehead atoms. The van der Waals surface area contributed by atoms with Crippen LogP contribution in [0.1, 0.15) is 34.1 Å². The van der Waals surface area contributed by atoms with Gasteiger partial charge in [0.05, 0.1) is 0 Å². The number of alkyl halides is 1. The second kappa shape index (κ2) is 1.75. The van der Waals surface area contributed by atoms with Crippen molar-refractivity contribution in [1.82, 2.24) is 0 Å². The van der Waals surface area contributed by atoms with Gasteiger partial charge in [0.25, 0.3) is 0 Å². The molecule has 2 atom stereocenters. The van der Waals surface area contributed by atoms with E-state index < -0.39 is 0 Å². The van der Waals surface area contributed by atoms with E-state index >= 15 is 0 Å². The minimum Gasteiger partial charge on any atom is -0.0847 e. The molecule has 1 aliphatic rings. The van der Waals surface area contributed by atoms with Gasteiger partial charge in [-0.3, -0.25) is 0 Å². The van der Waals surface area contributed by atoms with E-state index in [1.165, 1.54) is 6.42 Å². The Kier molecular flexibility index (Phi) is 1.47. The average Bonchev–Trinajstić information content (AvgIpc) is 2.00. The van der Waals surface area contributed by atoms with Crippen LogP contribution in [0.15, 0.2) is 0 Å². The summed E-state index contributed by atoms with van der Waals surface area (Å²) in [5.74, 6) is 0.880. The van der Waals surface area contributed by atoms with Crippen LogP contribution in [-0.2, 0) is 0 Å². The molecule has 1 aliphatic carbocycles. The minimum atomic E-state index is 0.425. The first-order chi connectivity index (χ1) is 3.94. The second-order valence-electron chi connectivity index (χ2n) is 3.76. The minimum absolute atomic E-state index is 0.425. The van der Waals surface area contributed by atoms with Crippen LogP contribution in [0.2, 0.25) is 0 Å². The zero-order chi connectivity index (χ0) is 7.28. The molecule has 0 aliphatic heterocycles. The van der Waals surface area contributed by atoms with Crippen molar-refractivity contribution in [2.45, 2.75) is 38.4 Å². The molecular weight excluding hydrogens is 176 g/mol. The molecule has 0 N–H and O–H groups in total. The highest BCUT2D eigenvalue weighted by Crippen LogP contribution is 2.68. The van der Waals surface area contributed by atoms with Crippen LogP contribution in [-0.4, -0.2) is 4.32 Å². The predicted octanol–water partition coefficient (Wildman–Crippen LogP) is 3.21. The summed E-state index contributed by atoms with van der Waals surface area (Å²) in [6.45, 7) is 9.21. The molecule has 1 heteroatoms. The molecule has 54 valence electrons. The van der Waals surface area contributed by atoms with Crippen molar-refractivity contribution in [2.24, 2.45) is 11.3 Å². The Balaban J connectivity index is 2.66. The Bertz CT molecular complexity index is 111. The van der Waals surface area contributed by atoms with Gasteiger partial charge in [-0.1, -0.05) is 43.1 Å². The topological polar surface area (TPSA) is 0 Å². The third-order valence-corrected chi connectivity index (χ3v) is 4.68. The van der Waals surface area contributed by atoms with E-state index in [2.05, 4.69) is 43.6 Å². The number of halogens is 1. The van der Waals surface area contributed by atoms with E-state index in [0.29, 0.717) is 9.74 Å². The molecule has 0 amide bonds. The monoisotopic (exact) mass is 190 g/mol. The third kappa shape index (κ3) is 0.772. The van der Waals surface area contributed by atoms with Gasteiger partial charge in [-0.15, -0.1) is 0 Å². The lowest BCUT2D eigenvalue weighted by molar-refractivity contribution is 0.543. The molecule has 0 aromatic heterocycles. The highest BCUT2D eigenvalue weighted by Gasteiger charge is 2.65. The predicted molar refractivity (Wildman–Crippen MR) is 44.9 cm³/mol. The van der Waals surface area contributed by atoms with Crippen molar-refractivity contribution in [1.29, 1.82) is 0 Å². The van der Waals surface area contributed by atoms with Gasteiger partial charge in [0.2, 0.25) is 0 Å². The molecule has 2 unspecified atom stereocenters. The zero-order valence-electron chi connectivity index (χ0n) is 6.66. The highest BCUT2D eigenvalue weighted by atomic mass is 79.9. The standard InChI is InChI=1S/C8H15Br/c1-5-6-7(2,3)8(6,4)9/h6H,5H2,1-4H3. The van der Waals surface area contributed by atoms with Gasteiger partial charge in [0.15, 0.2) is 0 Å². The molecule has 1 fully saturated rings. The smallest absolute Gasteiger partial charge is 0.0317 e. The van der Waals surface area contributed by atoms with Crippen LogP contribution in [0.4, 0.5) is 0 Å². The van der Waals surface area contributed by atoms with Crippen LogP contribution >= 0.6 is 15.9 Å². The molecule has 0 aromatic carbocycles. The number of hydrogen-bond acceptors (Lipinski definition) is 0. The van der Waals surface area contributed by atoms with Gasteiger partial charge in [-0.25, -0.2) is 0 Å². The lowest BCUT2D eigenvalue weighted by atomic mass is 10.1. The van der Waals surface area contributed by atoms with Crippen LogP contribution in [0.25, 0.3) is 0 Å². The third-order valence-electron chi connectivity index (χ3n) is 3.11. The summed E-state index contributed by atoms with van der Waals surface area (Å²) >= 11 is 3.73. The molecule has 9 heavy (non-hydrogen) atoms. The van der Waals surface area contributed by atoms with Crippen molar-refractivity contribution >= 4 is 15.9 Å². The lowest BCUT2D eigenvalue weighted by Crippen LogP contribution is -1.99. The second-order valence-corrected chi connectivity index (χ2v) is 5.41. The maximum absolute atomic E-state index is 3.73. The van der Waals surface area contributed by atoms with Gasteiger partial charge in [0, 0.05) is 4.32 Å². The number of hydrogen-bond donors (Lipinski definition) is 0. The average molecular weight is 191 g/mol. The fourth-order valence-electron chi connectivity index (χ4n) is 1.94. The van der Waals surface area contributed by atoms with Crippen molar-refractivity contribution in [3.63, 3.8) is 0 Å².